The third-order valence-electron chi connectivity index (χ3n) is 2.73. The number of benzene rings is 1. The lowest BCUT2D eigenvalue weighted by molar-refractivity contribution is 0.919. The molecule has 0 fully saturated rings. The summed E-state index contributed by atoms with van der Waals surface area (Å²) in [5.41, 5.74) is 4.48. The molecular weight excluding hydrogens is 298 g/mol. The quantitative estimate of drug-likeness (QED) is 0.684. The van der Waals surface area contributed by atoms with Gasteiger partial charge in [-0.25, -0.2) is 9.50 Å². The van der Waals surface area contributed by atoms with Crippen molar-refractivity contribution in [3.05, 3.63) is 39.4 Å². The Kier molecular flexibility index (Phi) is 2.52. The summed E-state index contributed by atoms with van der Waals surface area (Å²) in [6, 6.07) is 8.41. The van der Waals surface area contributed by atoms with Gasteiger partial charge in [0.2, 0.25) is 4.96 Å². The Morgan fingerprint density at radius 1 is 1.18 bits per heavy atom. The lowest BCUT2D eigenvalue weighted by Gasteiger charge is -1.99. The molecule has 0 aliphatic carbocycles. The average Bonchev–Trinajstić information content (AvgIpc) is 2.79. The number of nitrogens with zero attached hydrogens (tertiary/aromatic N) is 3. The molecule has 0 aliphatic heterocycles. The van der Waals surface area contributed by atoms with E-state index < -0.39 is 0 Å². The summed E-state index contributed by atoms with van der Waals surface area (Å²) < 4.78 is 2.74. The van der Waals surface area contributed by atoms with Crippen LogP contribution in [0.5, 0.6) is 0 Å². The average molecular weight is 308 g/mol. The number of aryl methyl sites for hydroxylation is 2. The van der Waals surface area contributed by atoms with Crippen molar-refractivity contribution in [1.29, 1.82) is 0 Å². The highest BCUT2D eigenvalue weighted by Crippen LogP contribution is 2.28. The number of hydrogen-bond acceptors (Lipinski definition) is 3. The maximum absolute atomic E-state index is 4.62. The molecule has 0 amide bonds. The van der Waals surface area contributed by atoms with Crippen LogP contribution in [-0.4, -0.2) is 14.6 Å². The van der Waals surface area contributed by atoms with Gasteiger partial charge in [0.25, 0.3) is 0 Å². The van der Waals surface area contributed by atoms with Gasteiger partial charge in [0, 0.05) is 5.56 Å². The molecule has 0 radical (unpaired) electrons. The van der Waals surface area contributed by atoms with Crippen molar-refractivity contribution in [3.8, 4) is 11.3 Å². The van der Waals surface area contributed by atoms with Gasteiger partial charge >= 0.3 is 0 Å². The van der Waals surface area contributed by atoms with Gasteiger partial charge in [-0.1, -0.05) is 41.2 Å². The standard InChI is InChI=1S/C12H10BrN3S/c1-7-3-5-9(6-4-7)10-8(2)16-12(14-10)17-11(13)15-16/h3-6H,1-2H3. The maximum Gasteiger partial charge on any atom is 0.213 e. The molecule has 0 saturated heterocycles. The van der Waals surface area contributed by atoms with Crippen molar-refractivity contribution in [1.82, 2.24) is 14.6 Å². The summed E-state index contributed by atoms with van der Waals surface area (Å²) in [5.74, 6) is 0. The fraction of sp³-hybridized carbons (Fsp3) is 0.167. The minimum atomic E-state index is 0.860. The van der Waals surface area contributed by atoms with Crippen LogP contribution in [0.1, 0.15) is 11.3 Å². The van der Waals surface area contributed by atoms with Gasteiger partial charge in [-0.2, -0.15) is 0 Å². The van der Waals surface area contributed by atoms with Crippen LogP contribution in [0.25, 0.3) is 16.2 Å². The van der Waals surface area contributed by atoms with E-state index in [9.17, 15) is 0 Å². The van der Waals surface area contributed by atoms with Crippen molar-refractivity contribution in [2.24, 2.45) is 0 Å². The monoisotopic (exact) mass is 307 g/mol. The van der Waals surface area contributed by atoms with Gasteiger partial charge in [-0.15, -0.1) is 5.10 Å². The van der Waals surface area contributed by atoms with E-state index in [0.29, 0.717) is 0 Å². The molecule has 0 spiro atoms. The van der Waals surface area contributed by atoms with Crippen LogP contribution < -0.4 is 0 Å². The third kappa shape index (κ3) is 1.79. The zero-order valence-corrected chi connectivity index (χ0v) is 11.8. The second-order valence-electron chi connectivity index (χ2n) is 3.96. The van der Waals surface area contributed by atoms with Crippen LogP contribution in [0.4, 0.5) is 0 Å². The Bertz CT molecular complexity index is 682. The van der Waals surface area contributed by atoms with Crippen molar-refractivity contribution < 1.29 is 0 Å². The van der Waals surface area contributed by atoms with Gasteiger partial charge in [-0.3, -0.25) is 0 Å². The molecule has 3 aromatic rings. The van der Waals surface area contributed by atoms with E-state index in [2.05, 4.69) is 57.2 Å². The first-order chi connectivity index (χ1) is 8.15. The summed E-state index contributed by atoms with van der Waals surface area (Å²) >= 11 is 4.92. The summed E-state index contributed by atoms with van der Waals surface area (Å²) in [5, 5.41) is 4.37. The van der Waals surface area contributed by atoms with Crippen LogP contribution in [-0.2, 0) is 0 Å². The fourth-order valence-corrected chi connectivity index (χ4v) is 3.08. The fourth-order valence-electron chi connectivity index (χ4n) is 1.81. The highest BCUT2D eigenvalue weighted by Gasteiger charge is 2.13. The van der Waals surface area contributed by atoms with E-state index in [4.69, 9.17) is 0 Å². The Labute approximate surface area is 111 Å². The Morgan fingerprint density at radius 2 is 1.88 bits per heavy atom. The minimum Gasteiger partial charge on any atom is -0.217 e. The molecule has 0 N–H and O–H groups in total. The summed E-state index contributed by atoms with van der Waals surface area (Å²) in [6.07, 6.45) is 0. The molecule has 0 saturated carbocycles. The second kappa shape index (κ2) is 3.92. The van der Waals surface area contributed by atoms with Gasteiger partial charge in [0.05, 0.1) is 11.4 Å². The number of hydrogen-bond donors (Lipinski definition) is 0. The Morgan fingerprint density at radius 3 is 2.53 bits per heavy atom. The van der Waals surface area contributed by atoms with E-state index in [1.807, 2.05) is 11.4 Å². The van der Waals surface area contributed by atoms with Crippen LogP contribution >= 0.6 is 27.3 Å². The maximum atomic E-state index is 4.62. The predicted molar refractivity (Wildman–Crippen MR) is 73.5 cm³/mol. The molecular formula is C12H10BrN3S. The molecule has 2 aromatic heterocycles. The van der Waals surface area contributed by atoms with Crippen molar-refractivity contribution in [3.63, 3.8) is 0 Å². The molecule has 3 rings (SSSR count). The van der Waals surface area contributed by atoms with Crippen molar-refractivity contribution in [2.45, 2.75) is 13.8 Å². The minimum absolute atomic E-state index is 0.860. The van der Waals surface area contributed by atoms with Gasteiger partial charge in [0.15, 0.2) is 3.92 Å². The first-order valence-electron chi connectivity index (χ1n) is 5.24. The van der Waals surface area contributed by atoms with Crippen LogP contribution in [0.3, 0.4) is 0 Å². The molecule has 0 bridgehead atoms. The number of aromatic nitrogens is 3. The third-order valence-corrected chi connectivity index (χ3v) is 4.07. The van der Waals surface area contributed by atoms with Gasteiger partial charge in [0.1, 0.15) is 0 Å². The van der Waals surface area contributed by atoms with Gasteiger partial charge in [-0.05, 0) is 29.8 Å². The highest BCUT2D eigenvalue weighted by atomic mass is 79.9. The van der Waals surface area contributed by atoms with Gasteiger partial charge < -0.3 is 0 Å². The molecule has 2 heterocycles. The first-order valence-corrected chi connectivity index (χ1v) is 6.85. The molecule has 0 aliphatic rings. The summed E-state index contributed by atoms with van der Waals surface area (Å²) in [4.78, 5) is 5.54. The van der Waals surface area contributed by atoms with Crippen LogP contribution in [0.2, 0.25) is 0 Å². The number of rotatable bonds is 1. The molecule has 0 unspecified atom stereocenters. The number of halogens is 1. The molecule has 1 aromatic carbocycles. The smallest absolute Gasteiger partial charge is 0.213 e. The topological polar surface area (TPSA) is 30.2 Å². The SMILES string of the molecule is Cc1ccc(-c2nc3sc(Br)nn3c2C)cc1. The zero-order chi connectivity index (χ0) is 12.0. The highest BCUT2D eigenvalue weighted by molar-refractivity contribution is 9.11. The lowest BCUT2D eigenvalue weighted by Crippen LogP contribution is -1.88. The second-order valence-corrected chi connectivity index (χ2v) is 6.19. The van der Waals surface area contributed by atoms with E-state index in [1.165, 1.54) is 5.56 Å². The molecule has 86 valence electrons. The van der Waals surface area contributed by atoms with Crippen molar-refractivity contribution >= 4 is 32.2 Å². The normalized spacial score (nSPS) is 11.2. The first kappa shape index (κ1) is 10.9. The molecule has 17 heavy (non-hydrogen) atoms. The van der Waals surface area contributed by atoms with E-state index in [0.717, 1.165) is 25.8 Å². The largest absolute Gasteiger partial charge is 0.217 e. The summed E-state index contributed by atoms with van der Waals surface area (Å²) in [6.45, 7) is 4.13. The number of imidazole rings is 1. The van der Waals surface area contributed by atoms with Crippen LogP contribution in [0, 0.1) is 13.8 Å². The molecule has 0 atom stereocenters. The van der Waals surface area contributed by atoms with Crippen LogP contribution in [0.15, 0.2) is 28.2 Å². The summed E-state index contributed by atoms with van der Waals surface area (Å²) in [7, 11) is 0. The number of fused-ring (bicyclic) bond motifs is 1. The van der Waals surface area contributed by atoms with E-state index in [-0.39, 0.29) is 0 Å². The molecule has 5 heteroatoms. The van der Waals surface area contributed by atoms with E-state index in [1.54, 1.807) is 11.3 Å². The molecule has 3 nitrogen and oxygen atoms in total. The lowest BCUT2D eigenvalue weighted by atomic mass is 10.1. The van der Waals surface area contributed by atoms with Crippen molar-refractivity contribution in [2.75, 3.05) is 0 Å². The Balaban J connectivity index is 2.20. The Hall–Kier alpha value is -1.20. The van der Waals surface area contributed by atoms with E-state index >= 15 is 0 Å². The zero-order valence-electron chi connectivity index (χ0n) is 9.44. The predicted octanol–water partition coefficient (Wildman–Crippen LogP) is 3.84.